The molecular formula is C10H19N. The molecule has 1 N–H and O–H groups in total. The maximum Gasteiger partial charge on any atom is 0.0256 e. The Morgan fingerprint density at radius 2 is 2.09 bits per heavy atom. The monoisotopic (exact) mass is 153 g/mol. The molecule has 0 aromatic rings. The average molecular weight is 153 g/mol. The highest BCUT2D eigenvalue weighted by Gasteiger charge is 2.23. The van der Waals surface area contributed by atoms with Gasteiger partial charge in [-0.1, -0.05) is 32.4 Å². The third kappa shape index (κ3) is 2.06. The largest absolute Gasteiger partial charge is 0.310 e. The van der Waals surface area contributed by atoms with Crippen molar-refractivity contribution in [2.75, 3.05) is 6.54 Å². The third-order valence-electron chi connectivity index (χ3n) is 2.29. The van der Waals surface area contributed by atoms with Crippen LogP contribution >= 0.6 is 0 Å². The minimum atomic E-state index is 0.340. The fourth-order valence-electron chi connectivity index (χ4n) is 1.77. The van der Waals surface area contributed by atoms with E-state index in [1.807, 2.05) is 0 Å². The summed E-state index contributed by atoms with van der Waals surface area (Å²) in [5, 5.41) is 3.47. The number of hydrogen-bond donors (Lipinski definition) is 1. The van der Waals surface area contributed by atoms with Crippen LogP contribution in [0.3, 0.4) is 0 Å². The van der Waals surface area contributed by atoms with E-state index >= 15 is 0 Å². The molecule has 0 fully saturated rings. The molecule has 0 aliphatic carbocycles. The van der Waals surface area contributed by atoms with E-state index in [9.17, 15) is 0 Å². The highest BCUT2D eigenvalue weighted by atomic mass is 14.9. The van der Waals surface area contributed by atoms with E-state index < -0.39 is 0 Å². The summed E-state index contributed by atoms with van der Waals surface area (Å²) < 4.78 is 0. The lowest BCUT2D eigenvalue weighted by Crippen LogP contribution is -2.36. The Bertz CT molecular complexity index is 162. The molecule has 1 heteroatoms. The van der Waals surface area contributed by atoms with Gasteiger partial charge >= 0.3 is 0 Å². The van der Waals surface area contributed by atoms with Gasteiger partial charge in [-0.15, -0.1) is 0 Å². The molecule has 0 aromatic carbocycles. The normalized spacial score (nSPS) is 26.5. The minimum Gasteiger partial charge on any atom is -0.310 e. The SMILES string of the molecule is C[C@@H]1NCCC=C1C(C)(C)C. The average Bonchev–Trinajstić information content (AvgIpc) is 1.86. The minimum absolute atomic E-state index is 0.340. The Balaban J connectivity index is 2.76. The van der Waals surface area contributed by atoms with Crippen molar-refractivity contribution < 1.29 is 0 Å². The molecule has 0 radical (unpaired) electrons. The van der Waals surface area contributed by atoms with Gasteiger partial charge in [-0.05, 0) is 25.3 Å². The van der Waals surface area contributed by atoms with Crippen LogP contribution < -0.4 is 5.32 Å². The molecule has 0 spiro atoms. The first kappa shape index (κ1) is 8.79. The Morgan fingerprint density at radius 3 is 2.45 bits per heavy atom. The molecule has 1 rings (SSSR count). The van der Waals surface area contributed by atoms with Gasteiger partial charge in [0.15, 0.2) is 0 Å². The summed E-state index contributed by atoms with van der Waals surface area (Å²) in [6.45, 7) is 10.2. The van der Waals surface area contributed by atoms with Crippen molar-refractivity contribution in [1.82, 2.24) is 5.32 Å². The first-order valence-electron chi connectivity index (χ1n) is 4.46. The summed E-state index contributed by atoms with van der Waals surface area (Å²) in [7, 11) is 0. The van der Waals surface area contributed by atoms with E-state index in [1.54, 1.807) is 5.57 Å². The van der Waals surface area contributed by atoms with Crippen LogP contribution in [0.2, 0.25) is 0 Å². The maximum atomic E-state index is 3.47. The Morgan fingerprint density at radius 1 is 1.45 bits per heavy atom. The molecular weight excluding hydrogens is 134 g/mol. The summed E-state index contributed by atoms with van der Waals surface area (Å²) in [5.74, 6) is 0. The summed E-state index contributed by atoms with van der Waals surface area (Å²) >= 11 is 0. The number of hydrogen-bond acceptors (Lipinski definition) is 1. The van der Waals surface area contributed by atoms with Crippen LogP contribution in [0.4, 0.5) is 0 Å². The van der Waals surface area contributed by atoms with Crippen molar-refractivity contribution in [2.45, 2.75) is 40.2 Å². The van der Waals surface area contributed by atoms with Crippen molar-refractivity contribution in [2.24, 2.45) is 5.41 Å². The Kier molecular flexibility index (Phi) is 2.38. The van der Waals surface area contributed by atoms with Gasteiger partial charge in [0.2, 0.25) is 0 Å². The van der Waals surface area contributed by atoms with Crippen LogP contribution in [-0.4, -0.2) is 12.6 Å². The predicted octanol–water partition coefficient (Wildman–Crippen LogP) is 2.34. The molecule has 0 amide bonds. The van der Waals surface area contributed by atoms with Gasteiger partial charge < -0.3 is 5.32 Å². The van der Waals surface area contributed by atoms with Crippen molar-refractivity contribution in [1.29, 1.82) is 0 Å². The lowest BCUT2D eigenvalue weighted by molar-refractivity contribution is 0.422. The second-order valence-electron chi connectivity index (χ2n) is 4.37. The lowest BCUT2D eigenvalue weighted by Gasteiger charge is -2.32. The van der Waals surface area contributed by atoms with Gasteiger partial charge in [0.25, 0.3) is 0 Å². The van der Waals surface area contributed by atoms with E-state index in [-0.39, 0.29) is 0 Å². The van der Waals surface area contributed by atoms with Gasteiger partial charge in [-0.25, -0.2) is 0 Å². The topological polar surface area (TPSA) is 12.0 Å². The molecule has 0 saturated heterocycles. The first-order valence-corrected chi connectivity index (χ1v) is 4.46. The predicted molar refractivity (Wildman–Crippen MR) is 49.6 cm³/mol. The zero-order valence-corrected chi connectivity index (χ0v) is 8.07. The summed E-state index contributed by atoms with van der Waals surface area (Å²) in [6, 6.07) is 0.573. The van der Waals surface area contributed by atoms with Crippen LogP contribution in [0.5, 0.6) is 0 Å². The molecule has 0 bridgehead atoms. The fourth-order valence-corrected chi connectivity index (χ4v) is 1.77. The standard InChI is InChI=1S/C10H19N/c1-8-9(10(2,3)4)6-5-7-11-8/h6,8,11H,5,7H2,1-4H3/t8-/m0/s1. The fraction of sp³-hybridized carbons (Fsp3) is 0.800. The summed E-state index contributed by atoms with van der Waals surface area (Å²) in [6.07, 6.45) is 3.58. The van der Waals surface area contributed by atoms with E-state index in [0.29, 0.717) is 11.5 Å². The van der Waals surface area contributed by atoms with Gasteiger partial charge in [0, 0.05) is 6.04 Å². The quantitative estimate of drug-likeness (QED) is 0.527. The van der Waals surface area contributed by atoms with Crippen LogP contribution in [0.15, 0.2) is 11.6 Å². The molecule has 0 saturated carbocycles. The highest BCUT2D eigenvalue weighted by Crippen LogP contribution is 2.29. The van der Waals surface area contributed by atoms with Crippen LogP contribution in [0, 0.1) is 5.41 Å². The van der Waals surface area contributed by atoms with Crippen LogP contribution in [-0.2, 0) is 0 Å². The van der Waals surface area contributed by atoms with Crippen LogP contribution in [0.1, 0.15) is 34.1 Å². The molecule has 1 aliphatic heterocycles. The maximum absolute atomic E-state index is 3.47. The molecule has 1 atom stereocenters. The lowest BCUT2D eigenvalue weighted by atomic mass is 9.80. The van der Waals surface area contributed by atoms with E-state index in [2.05, 4.69) is 39.1 Å². The Hall–Kier alpha value is -0.300. The van der Waals surface area contributed by atoms with Crippen molar-refractivity contribution in [3.63, 3.8) is 0 Å². The van der Waals surface area contributed by atoms with E-state index in [0.717, 1.165) is 6.54 Å². The molecule has 64 valence electrons. The molecule has 1 nitrogen and oxygen atoms in total. The Labute approximate surface area is 69.9 Å². The first-order chi connectivity index (χ1) is 5.02. The zero-order chi connectivity index (χ0) is 8.48. The molecule has 0 unspecified atom stereocenters. The molecule has 11 heavy (non-hydrogen) atoms. The van der Waals surface area contributed by atoms with Gasteiger partial charge in [0.1, 0.15) is 0 Å². The highest BCUT2D eigenvalue weighted by molar-refractivity contribution is 5.19. The second kappa shape index (κ2) is 2.98. The second-order valence-corrected chi connectivity index (χ2v) is 4.37. The smallest absolute Gasteiger partial charge is 0.0256 e. The third-order valence-corrected chi connectivity index (χ3v) is 2.29. The van der Waals surface area contributed by atoms with Gasteiger partial charge in [-0.2, -0.15) is 0 Å². The van der Waals surface area contributed by atoms with Crippen molar-refractivity contribution in [3.8, 4) is 0 Å². The summed E-state index contributed by atoms with van der Waals surface area (Å²) in [5.41, 5.74) is 1.90. The number of nitrogens with one attached hydrogen (secondary N) is 1. The van der Waals surface area contributed by atoms with Crippen molar-refractivity contribution >= 4 is 0 Å². The van der Waals surface area contributed by atoms with E-state index in [1.165, 1.54) is 6.42 Å². The van der Waals surface area contributed by atoms with Gasteiger partial charge in [0.05, 0.1) is 0 Å². The number of rotatable bonds is 0. The summed E-state index contributed by atoms with van der Waals surface area (Å²) in [4.78, 5) is 0. The van der Waals surface area contributed by atoms with Crippen LogP contribution in [0.25, 0.3) is 0 Å². The molecule has 1 heterocycles. The molecule has 0 aromatic heterocycles. The van der Waals surface area contributed by atoms with Crippen molar-refractivity contribution in [3.05, 3.63) is 11.6 Å². The molecule has 1 aliphatic rings. The zero-order valence-electron chi connectivity index (χ0n) is 8.07. The van der Waals surface area contributed by atoms with Gasteiger partial charge in [-0.3, -0.25) is 0 Å². The van der Waals surface area contributed by atoms with E-state index in [4.69, 9.17) is 0 Å².